The second-order valence-corrected chi connectivity index (χ2v) is 4.28. The Morgan fingerprint density at radius 2 is 2.19 bits per heavy atom. The molecule has 1 aliphatic rings. The first kappa shape index (κ1) is 11.1. The van der Waals surface area contributed by atoms with Crippen LogP contribution in [-0.4, -0.2) is 24.1 Å². The van der Waals surface area contributed by atoms with Crippen LogP contribution in [-0.2, 0) is 16.1 Å². The minimum absolute atomic E-state index is 0.0563. The topological polar surface area (TPSA) is 29.5 Å². The molecule has 0 aromatic heterocycles. The van der Waals surface area contributed by atoms with Crippen molar-refractivity contribution in [1.29, 1.82) is 0 Å². The molecule has 1 fully saturated rings. The molecule has 1 aliphatic heterocycles. The predicted molar refractivity (Wildman–Crippen MR) is 61.9 cm³/mol. The average Bonchev–Trinajstić information content (AvgIpc) is 2.77. The predicted octanol–water partition coefficient (Wildman–Crippen LogP) is 2.01. The van der Waals surface area contributed by atoms with Crippen molar-refractivity contribution in [3.63, 3.8) is 0 Å². The van der Waals surface area contributed by atoms with Crippen LogP contribution in [0.5, 0.6) is 0 Å². The third-order valence-corrected chi connectivity index (χ3v) is 2.96. The maximum absolute atomic E-state index is 11.8. The zero-order chi connectivity index (χ0) is 11.5. The number of rotatable bonds is 2. The summed E-state index contributed by atoms with van der Waals surface area (Å²) in [5, 5.41) is 1.48. The standard InChI is InChI=1S/C13H17NO2/c1-10-4-5-12(8-11(10)2)9-13(15)14-6-3-7-16-14/h4-5,8H,3,6-7,9H2,1-2H3. The molecule has 3 nitrogen and oxygen atoms in total. The Hall–Kier alpha value is -1.35. The lowest BCUT2D eigenvalue weighted by atomic mass is 10.0. The van der Waals surface area contributed by atoms with E-state index in [1.165, 1.54) is 16.2 Å². The van der Waals surface area contributed by atoms with E-state index in [0.29, 0.717) is 13.0 Å². The summed E-state index contributed by atoms with van der Waals surface area (Å²) in [5.41, 5.74) is 3.55. The third kappa shape index (κ3) is 2.42. The number of hydrogen-bond donors (Lipinski definition) is 0. The quantitative estimate of drug-likeness (QED) is 0.761. The maximum Gasteiger partial charge on any atom is 0.250 e. The first-order valence-electron chi connectivity index (χ1n) is 5.66. The summed E-state index contributed by atoms with van der Waals surface area (Å²) in [5.74, 6) is 0.0563. The van der Waals surface area contributed by atoms with Gasteiger partial charge in [0.2, 0.25) is 0 Å². The van der Waals surface area contributed by atoms with Crippen molar-refractivity contribution in [2.45, 2.75) is 26.7 Å². The molecule has 0 spiro atoms. The minimum atomic E-state index is 0.0563. The molecule has 0 N–H and O–H groups in total. The number of hydrogen-bond acceptors (Lipinski definition) is 2. The Balaban J connectivity index is 2.02. The minimum Gasteiger partial charge on any atom is -0.272 e. The number of nitrogens with zero attached hydrogens (tertiary/aromatic N) is 1. The molecule has 0 saturated carbocycles. The number of carbonyl (C=O) groups is 1. The summed E-state index contributed by atoms with van der Waals surface area (Å²) in [6.45, 7) is 5.53. The van der Waals surface area contributed by atoms with Gasteiger partial charge in [-0.1, -0.05) is 18.2 Å². The summed E-state index contributed by atoms with van der Waals surface area (Å²) in [6.07, 6.45) is 1.37. The Labute approximate surface area is 96.0 Å². The lowest BCUT2D eigenvalue weighted by molar-refractivity contribution is -0.167. The molecular weight excluding hydrogens is 202 g/mol. The maximum atomic E-state index is 11.8. The van der Waals surface area contributed by atoms with E-state index in [1.54, 1.807) is 0 Å². The van der Waals surface area contributed by atoms with E-state index in [9.17, 15) is 4.79 Å². The third-order valence-electron chi connectivity index (χ3n) is 2.96. The van der Waals surface area contributed by atoms with Crippen molar-refractivity contribution in [3.8, 4) is 0 Å². The monoisotopic (exact) mass is 219 g/mol. The second kappa shape index (κ2) is 4.66. The van der Waals surface area contributed by atoms with Crippen LogP contribution in [0.25, 0.3) is 0 Å². The fourth-order valence-corrected chi connectivity index (χ4v) is 1.82. The van der Waals surface area contributed by atoms with E-state index in [1.807, 2.05) is 6.07 Å². The molecule has 2 rings (SSSR count). The first-order chi connectivity index (χ1) is 7.66. The van der Waals surface area contributed by atoms with Crippen LogP contribution in [0.2, 0.25) is 0 Å². The van der Waals surface area contributed by atoms with Crippen molar-refractivity contribution in [2.75, 3.05) is 13.2 Å². The smallest absolute Gasteiger partial charge is 0.250 e. The van der Waals surface area contributed by atoms with Gasteiger partial charge in [0.05, 0.1) is 19.6 Å². The number of hydroxylamine groups is 2. The van der Waals surface area contributed by atoms with E-state index in [-0.39, 0.29) is 5.91 Å². The fourth-order valence-electron chi connectivity index (χ4n) is 1.82. The number of carbonyl (C=O) groups excluding carboxylic acids is 1. The number of benzene rings is 1. The van der Waals surface area contributed by atoms with Gasteiger partial charge in [0.15, 0.2) is 0 Å². The Morgan fingerprint density at radius 3 is 2.81 bits per heavy atom. The highest BCUT2D eigenvalue weighted by Gasteiger charge is 2.19. The van der Waals surface area contributed by atoms with Crippen LogP contribution in [0.3, 0.4) is 0 Å². The van der Waals surface area contributed by atoms with Crippen LogP contribution in [0.4, 0.5) is 0 Å². The molecule has 86 valence electrons. The van der Waals surface area contributed by atoms with Gasteiger partial charge in [0.25, 0.3) is 5.91 Å². The Bertz CT molecular complexity index is 395. The van der Waals surface area contributed by atoms with Crippen molar-refractivity contribution in [1.82, 2.24) is 5.06 Å². The fraction of sp³-hybridized carbons (Fsp3) is 0.462. The van der Waals surface area contributed by atoms with Crippen LogP contribution in [0.1, 0.15) is 23.1 Å². The van der Waals surface area contributed by atoms with Gasteiger partial charge in [-0.25, -0.2) is 5.06 Å². The largest absolute Gasteiger partial charge is 0.272 e. The molecule has 16 heavy (non-hydrogen) atoms. The molecule has 1 amide bonds. The van der Waals surface area contributed by atoms with Gasteiger partial charge in [-0.05, 0) is 37.0 Å². The first-order valence-corrected chi connectivity index (χ1v) is 5.66. The van der Waals surface area contributed by atoms with Gasteiger partial charge in [-0.2, -0.15) is 0 Å². The molecular formula is C13H17NO2. The van der Waals surface area contributed by atoms with E-state index in [4.69, 9.17) is 4.84 Å². The summed E-state index contributed by atoms with van der Waals surface area (Å²) < 4.78 is 0. The highest BCUT2D eigenvalue weighted by Crippen LogP contribution is 2.13. The van der Waals surface area contributed by atoms with Gasteiger partial charge >= 0.3 is 0 Å². The van der Waals surface area contributed by atoms with Crippen molar-refractivity contribution >= 4 is 5.91 Å². The Kier molecular flexibility index (Phi) is 3.25. The molecule has 1 heterocycles. The zero-order valence-electron chi connectivity index (χ0n) is 9.82. The van der Waals surface area contributed by atoms with Crippen molar-refractivity contribution in [3.05, 3.63) is 34.9 Å². The molecule has 1 aromatic carbocycles. The molecule has 0 atom stereocenters. The van der Waals surface area contributed by atoms with Crippen LogP contribution >= 0.6 is 0 Å². The number of aryl methyl sites for hydroxylation is 2. The van der Waals surface area contributed by atoms with E-state index in [2.05, 4.69) is 26.0 Å². The molecule has 1 saturated heterocycles. The Morgan fingerprint density at radius 1 is 1.38 bits per heavy atom. The van der Waals surface area contributed by atoms with Gasteiger partial charge in [-0.15, -0.1) is 0 Å². The van der Waals surface area contributed by atoms with Crippen LogP contribution in [0.15, 0.2) is 18.2 Å². The van der Waals surface area contributed by atoms with Gasteiger partial charge in [0.1, 0.15) is 0 Å². The summed E-state index contributed by atoms with van der Waals surface area (Å²) in [6, 6.07) is 6.14. The summed E-state index contributed by atoms with van der Waals surface area (Å²) in [7, 11) is 0. The highest BCUT2D eigenvalue weighted by atomic mass is 16.7. The molecule has 0 radical (unpaired) electrons. The average molecular weight is 219 g/mol. The highest BCUT2D eigenvalue weighted by molar-refractivity contribution is 5.78. The summed E-state index contributed by atoms with van der Waals surface area (Å²) in [4.78, 5) is 17.0. The zero-order valence-corrected chi connectivity index (χ0v) is 9.82. The SMILES string of the molecule is Cc1ccc(CC(=O)N2CCCO2)cc1C. The lowest BCUT2D eigenvalue weighted by Gasteiger charge is -2.14. The number of amides is 1. The van der Waals surface area contributed by atoms with Crippen molar-refractivity contribution in [2.24, 2.45) is 0 Å². The van der Waals surface area contributed by atoms with Gasteiger partial charge in [0, 0.05) is 0 Å². The summed E-state index contributed by atoms with van der Waals surface area (Å²) >= 11 is 0. The van der Waals surface area contributed by atoms with E-state index in [0.717, 1.165) is 18.5 Å². The molecule has 0 aliphatic carbocycles. The van der Waals surface area contributed by atoms with E-state index < -0.39 is 0 Å². The normalized spacial score (nSPS) is 15.5. The van der Waals surface area contributed by atoms with Crippen molar-refractivity contribution < 1.29 is 9.63 Å². The molecule has 3 heteroatoms. The van der Waals surface area contributed by atoms with E-state index >= 15 is 0 Å². The molecule has 0 bridgehead atoms. The van der Waals surface area contributed by atoms with Gasteiger partial charge in [-0.3, -0.25) is 9.63 Å². The lowest BCUT2D eigenvalue weighted by Crippen LogP contribution is -2.28. The molecule has 1 aromatic rings. The van der Waals surface area contributed by atoms with Crippen LogP contribution in [0, 0.1) is 13.8 Å². The second-order valence-electron chi connectivity index (χ2n) is 4.28. The van der Waals surface area contributed by atoms with Gasteiger partial charge < -0.3 is 0 Å². The van der Waals surface area contributed by atoms with Crippen LogP contribution < -0.4 is 0 Å². The molecule has 0 unspecified atom stereocenters.